The van der Waals surface area contributed by atoms with Crippen LogP contribution in [-0.4, -0.2) is 21.7 Å². The molecule has 0 aliphatic heterocycles. The van der Waals surface area contributed by atoms with E-state index >= 15 is 0 Å². The molecule has 2 N–H and O–H groups in total. The van der Waals surface area contributed by atoms with Gasteiger partial charge in [-0.1, -0.05) is 6.07 Å². The van der Waals surface area contributed by atoms with Gasteiger partial charge in [0.25, 0.3) is 0 Å². The van der Waals surface area contributed by atoms with Crippen molar-refractivity contribution >= 4 is 11.3 Å². The lowest BCUT2D eigenvalue weighted by Gasteiger charge is -2.04. The van der Waals surface area contributed by atoms with Gasteiger partial charge in [0.05, 0.1) is 12.8 Å². The van der Waals surface area contributed by atoms with Gasteiger partial charge in [-0.3, -0.25) is 0 Å². The van der Waals surface area contributed by atoms with Crippen LogP contribution in [0.3, 0.4) is 0 Å². The quantitative estimate of drug-likeness (QED) is 0.696. The minimum atomic E-state index is 0.578. The number of benzene rings is 1. The molecule has 0 spiro atoms. The molecule has 1 aromatic carbocycles. The van der Waals surface area contributed by atoms with Gasteiger partial charge in [0, 0.05) is 11.8 Å². The van der Waals surface area contributed by atoms with Crippen molar-refractivity contribution in [3.05, 3.63) is 42.6 Å². The van der Waals surface area contributed by atoms with Gasteiger partial charge in [-0.2, -0.15) is 0 Å². The molecule has 2 heterocycles. The SMILES string of the molecule is COc1ccc(-c2nc3ccccn3n2)cc1N. The van der Waals surface area contributed by atoms with E-state index in [1.54, 1.807) is 11.6 Å². The first-order chi connectivity index (χ1) is 8.78. The van der Waals surface area contributed by atoms with Gasteiger partial charge in [-0.05, 0) is 30.3 Å². The van der Waals surface area contributed by atoms with E-state index in [1.165, 1.54) is 0 Å². The van der Waals surface area contributed by atoms with Crippen molar-refractivity contribution < 1.29 is 4.74 Å². The smallest absolute Gasteiger partial charge is 0.182 e. The Morgan fingerprint density at radius 1 is 1.22 bits per heavy atom. The fourth-order valence-corrected chi connectivity index (χ4v) is 1.83. The minimum absolute atomic E-state index is 0.578. The van der Waals surface area contributed by atoms with Crippen LogP contribution in [0.4, 0.5) is 5.69 Å². The third-order valence-electron chi connectivity index (χ3n) is 2.73. The average molecular weight is 240 g/mol. The topological polar surface area (TPSA) is 65.4 Å². The average Bonchev–Trinajstić information content (AvgIpc) is 2.82. The Kier molecular flexibility index (Phi) is 2.37. The highest BCUT2D eigenvalue weighted by Crippen LogP contribution is 2.26. The monoisotopic (exact) mass is 240 g/mol. The third kappa shape index (κ3) is 1.66. The Balaban J connectivity index is 2.11. The molecule has 5 nitrogen and oxygen atoms in total. The molecule has 0 saturated carbocycles. The molecule has 0 amide bonds. The first-order valence-electron chi connectivity index (χ1n) is 5.53. The maximum Gasteiger partial charge on any atom is 0.182 e. The number of aromatic nitrogens is 3. The summed E-state index contributed by atoms with van der Waals surface area (Å²) in [7, 11) is 1.59. The molecule has 0 radical (unpaired) electrons. The van der Waals surface area contributed by atoms with Gasteiger partial charge < -0.3 is 10.5 Å². The fraction of sp³-hybridized carbons (Fsp3) is 0.0769. The molecule has 5 heteroatoms. The first kappa shape index (κ1) is 10.6. The molecule has 0 aliphatic carbocycles. The maximum absolute atomic E-state index is 5.88. The van der Waals surface area contributed by atoms with Crippen LogP contribution in [0, 0.1) is 0 Å². The molecule has 18 heavy (non-hydrogen) atoms. The summed E-state index contributed by atoms with van der Waals surface area (Å²) in [6, 6.07) is 11.3. The van der Waals surface area contributed by atoms with E-state index in [0.29, 0.717) is 17.3 Å². The second-order valence-electron chi connectivity index (χ2n) is 3.90. The molecule has 3 aromatic rings. The minimum Gasteiger partial charge on any atom is -0.495 e. The number of pyridine rings is 1. The van der Waals surface area contributed by atoms with Gasteiger partial charge in [-0.15, -0.1) is 5.10 Å². The third-order valence-corrected chi connectivity index (χ3v) is 2.73. The zero-order chi connectivity index (χ0) is 12.5. The maximum atomic E-state index is 5.88. The summed E-state index contributed by atoms with van der Waals surface area (Å²) < 4.78 is 6.86. The Morgan fingerprint density at radius 2 is 2.11 bits per heavy atom. The van der Waals surface area contributed by atoms with Crippen LogP contribution in [0.25, 0.3) is 17.0 Å². The van der Waals surface area contributed by atoms with Gasteiger partial charge in [-0.25, -0.2) is 9.50 Å². The van der Waals surface area contributed by atoms with Gasteiger partial charge in [0.1, 0.15) is 5.75 Å². The number of anilines is 1. The van der Waals surface area contributed by atoms with Crippen LogP contribution in [0.15, 0.2) is 42.6 Å². The van der Waals surface area contributed by atoms with Crippen molar-refractivity contribution in [2.75, 3.05) is 12.8 Å². The highest BCUT2D eigenvalue weighted by molar-refractivity contribution is 5.67. The van der Waals surface area contributed by atoms with Crippen LogP contribution in [-0.2, 0) is 0 Å². The Labute approximate surface area is 104 Å². The lowest BCUT2D eigenvalue weighted by Crippen LogP contribution is -1.93. The van der Waals surface area contributed by atoms with E-state index in [4.69, 9.17) is 10.5 Å². The van der Waals surface area contributed by atoms with Crippen molar-refractivity contribution in [2.45, 2.75) is 0 Å². The highest BCUT2D eigenvalue weighted by atomic mass is 16.5. The summed E-state index contributed by atoms with van der Waals surface area (Å²) >= 11 is 0. The highest BCUT2D eigenvalue weighted by Gasteiger charge is 2.08. The van der Waals surface area contributed by atoms with E-state index in [-0.39, 0.29) is 0 Å². The lowest BCUT2D eigenvalue weighted by atomic mass is 10.2. The zero-order valence-electron chi connectivity index (χ0n) is 9.87. The largest absolute Gasteiger partial charge is 0.495 e. The number of nitrogens with two attached hydrogens (primary N) is 1. The molecule has 3 rings (SSSR count). The second kappa shape index (κ2) is 4.03. The van der Waals surface area contributed by atoms with Crippen LogP contribution in [0.5, 0.6) is 5.75 Å². The van der Waals surface area contributed by atoms with Crippen molar-refractivity contribution in [2.24, 2.45) is 0 Å². The normalized spacial score (nSPS) is 10.7. The fourth-order valence-electron chi connectivity index (χ4n) is 1.83. The van der Waals surface area contributed by atoms with E-state index in [0.717, 1.165) is 11.2 Å². The summed E-state index contributed by atoms with van der Waals surface area (Å²) in [5.41, 5.74) is 8.13. The first-order valence-corrected chi connectivity index (χ1v) is 5.53. The number of hydrogen-bond acceptors (Lipinski definition) is 4. The van der Waals surface area contributed by atoms with Crippen LogP contribution in [0.2, 0.25) is 0 Å². The van der Waals surface area contributed by atoms with E-state index in [1.807, 2.05) is 42.6 Å². The molecule has 0 bridgehead atoms. The van der Waals surface area contributed by atoms with Crippen LogP contribution in [0.1, 0.15) is 0 Å². The Morgan fingerprint density at radius 3 is 2.83 bits per heavy atom. The predicted molar refractivity (Wildman–Crippen MR) is 69.4 cm³/mol. The van der Waals surface area contributed by atoms with Crippen LogP contribution < -0.4 is 10.5 Å². The molecule has 0 atom stereocenters. The van der Waals surface area contributed by atoms with Crippen molar-refractivity contribution in [1.29, 1.82) is 0 Å². The number of nitrogens with zero attached hydrogens (tertiary/aromatic N) is 3. The summed E-state index contributed by atoms with van der Waals surface area (Å²) in [5.74, 6) is 1.30. The summed E-state index contributed by atoms with van der Waals surface area (Å²) in [5, 5.41) is 4.39. The lowest BCUT2D eigenvalue weighted by molar-refractivity contribution is 0.417. The van der Waals surface area contributed by atoms with Crippen molar-refractivity contribution in [3.63, 3.8) is 0 Å². The molecule has 0 saturated heterocycles. The molecule has 90 valence electrons. The summed E-state index contributed by atoms with van der Waals surface area (Å²) in [4.78, 5) is 4.44. The van der Waals surface area contributed by atoms with E-state index < -0.39 is 0 Å². The summed E-state index contributed by atoms with van der Waals surface area (Å²) in [6.07, 6.45) is 1.86. The molecule has 0 aliphatic rings. The predicted octanol–water partition coefficient (Wildman–Crippen LogP) is 1.99. The number of nitrogen functional groups attached to an aromatic ring is 1. The van der Waals surface area contributed by atoms with Gasteiger partial charge >= 0.3 is 0 Å². The second-order valence-corrected chi connectivity index (χ2v) is 3.90. The molecule has 0 unspecified atom stereocenters. The molecular weight excluding hydrogens is 228 g/mol. The number of methoxy groups -OCH3 is 1. The number of fused-ring (bicyclic) bond motifs is 1. The number of ether oxygens (including phenoxy) is 1. The van der Waals surface area contributed by atoms with Crippen LogP contribution >= 0.6 is 0 Å². The Hall–Kier alpha value is -2.56. The van der Waals surface area contributed by atoms with Gasteiger partial charge in [0.2, 0.25) is 0 Å². The zero-order valence-corrected chi connectivity index (χ0v) is 9.87. The van der Waals surface area contributed by atoms with Crippen molar-refractivity contribution in [1.82, 2.24) is 14.6 Å². The van der Waals surface area contributed by atoms with E-state index in [9.17, 15) is 0 Å². The summed E-state index contributed by atoms with van der Waals surface area (Å²) in [6.45, 7) is 0. The van der Waals surface area contributed by atoms with E-state index in [2.05, 4.69) is 10.1 Å². The molecular formula is C13H12N4O. The standard InChI is InChI=1S/C13H12N4O/c1-18-11-6-5-9(8-10(11)14)13-15-12-4-2-3-7-17(12)16-13/h2-8H,14H2,1H3. The number of hydrogen-bond donors (Lipinski definition) is 1. The molecule has 0 fully saturated rings. The van der Waals surface area contributed by atoms with Gasteiger partial charge in [0.15, 0.2) is 11.5 Å². The Bertz CT molecular complexity index is 672. The number of rotatable bonds is 2. The van der Waals surface area contributed by atoms with Crippen molar-refractivity contribution in [3.8, 4) is 17.1 Å². The molecule has 2 aromatic heterocycles.